The second-order valence-corrected chi connectivity index (χ2v) is 2.73. The normalized spacial score (nSPS) is 25.3. The van der Waals surface area contributed by atoms with Crippen LogP contribution in [-0.2, 0) is 9.53 Å². The summed E-state index contributed by atoms with van der Waals surface area (Å²) in [5.41, 5.74) is 0. The molecule has 0 spiro atoms. The minimum Gasteiger partial charge on any atom is -0.468 e. The maximum absolute atomic E-state index is 10.8. The molecule has 0 amide bonds. The molecular weight excluding hydrogens is 160 g/mol. The molecule has 1 unspecified atom stereocenters. The first-order chi connectivity index (χ1) is 5.74. The molecule has 1 fully saturated rings. The van der Waals surface area contributed by atoms with E-state index in [1.54, 1.807) is 4.90 Å². The van der Waals surface area contributed by atoms with Crippen molar-refractivity contribution in [3.05, 3.63) is 0 Å². The summed E-state index contributed by atoms with van der Waals surface area (Å²) in [4.78, 5) is 12.5. The highest BCUT2D eigenvalue weighted by Crippen LogP contribution is 1.99. The monoisotopic (exact) mass is 174 g/mol. The molecular formula is C7H14N2O3. The lowest BCUT2D eigenvalue weighted by Gasteiger charge is -2.31. The molecule has 1 heterocycles. The summed E-state index contributed by atoms with van der Waals surface area (Å²) in [5, 5.41) is 12.4. The minimum absolute atomic E-state index is 0.166. The first-order valence-electron chi connectivity index (χ1n) is 3.93. The number of aliphatic hydroxyl groups excluding tert-OH is 1. The van der Waals surface area contributed by atoms with Crippen LogP contribution in [0.3, 0.4) is 0 Å². The summed E-state index contributed by atoms with van der Waals surface area (Å²) in [5.74, 6) is -0.309. The maximum atomic E-state index is 10.8. The summed E-state index contributed by atoms with van der Waals surface area (Å²) < 4.78 is 4.49. The Kier molecular flexibility index (Phi) is 3.46. The molecule has 1 rings (SSSR count). The summed E-state index contributed by atoms with van der Waals surface area (Å²) in [6.07, 6.45) is -0.571. The SMILES string of the molecule is COC(=O)CN1CCNCC1O. The van der Waals surface area contributed by atoms with Gasteiger partial charge in [0.15, 0.2) is 0 Å². The van der Waals surface area contributed by atoms with E-state index in [0.29, 0.717) is 13.1 Å². The van der Waals surface area contributed by atoms with Gasteiger partial charge in [0, 0.05) is 19.6 Å². The lowest BCUT2D eigenvalue weighted by molar-refractivity contribution is -0.145. The largest absolute Gasteiger partial charge is 0.468 e. The van der Waals surface area contributed by atoms with Gasteiger partial charge in [-0.05, 0) is 0 Å². The van der Waals surface area contributed by atoms with E-state index in [2.05, 4.69) is 10.1 Å². The Hall–Kier alpha value is -0.650. The third kappa shape index (κ3) is 2.44. The third-order valence-corrected chi connectivity index (χ3v) is 1.88. The molecule has 70 valence electrons. The van der Waals surface area contributed by atoms with Gasteiger partial charge in [-0.3, -0.25) is 9.69 Å². The molecule has 0 bridgehead atoms. The van der Waals surface area contributed by atoms with Gasteiger partial charge in [-0.2, -0.15) is 0 Å². The highest BCUT2D eigenvalue weighted by Gasteiger charge is 2.21. The second kappa shape index (κ2) is 4.39. The number of aliphatic hydroxyl groups is 1. The number of nitrogens with one attached hydrogen (secondary N) is 1. The first kappa shape index (κ1) is 9.44. The standard InChI is InChI=1S/C7H14N2O3/c1-12-7(11)5-9-3-2-8-4-6(9)10/h6,8,10H,2-5H2,1H3. The zero-order valence-electron chi connectivity index (χ0n) is 7.12. The van der Waals surface area contributed by atoms with Crippen molar-refractivity contribution in [2.24, 2.45) is 0 Å². The Bertz CT molecular complexity index is 163. The zero-order valence-corrected chi connectivity index (χ0v) is 7.12. The molecule has 0 aromatic rings. The maximum Gasteiger partial charge on any atom is 0.319 e. The van der Waals surface area contributed by atoms with E-state index in [4.69, 9.17) is 0 Å². The number of hydrogen-bond donors (Lipinski definition) is 2. The molecule has 0 aromatic heterocycles. The molecule has 12 heavy (non-hydrogen) atoms. The number of esters is 1. The molecule has 1 aliphatic heterocycles. The molecule has 0 aliphatic carbocycles. The minimum atomic E-state index is -0.571. The fraction of sp³-hybridized carbons (Fsp3) is 0.857. The number of methoxy groups -OCH3 is 1. The molecule has 0 saturated carbocycles. The molecule has 1 aliphatic rings. The summed E-state index contributed by atoms with van der Waals surface area (Å²) in [6.45, 7) is 2.15. The van der Waals surface area contributed by atoms with E-state index in [0.717, 1.165) is 6.54 Å². The van der Waals surface area contributed by atoms with Crippen LogP contribution in [0.15, 0.2) is 0 Å². The van der Waals surface area contributed by atoms with Crippen molar-refractivity contribution in [1.82, 2.24) is 10.2 Å². The van der Waals surface area contributed by atoms with Gasteiger partial charge in [0.1, 0.15) is 6.23 Å². The molecule has 5 nitrogen and oxygen atoms in total. The van der Waals surface area contributed by atoms with E-state index in [1.807, 2.05) is 0 Å². The predicted molar refractivity (Wildman–Crippen MR) is 42.5 cm³/mol. The van der Waals surface area contributed by atoms with E-state index in [1.165, 1.54) is 7.11 Å². The van der Waals surface area contributed by atoms with E-state index >= 15 is 0 Å². The van der Waals surface area contributed by atoms with Crippen LogP contribution in [0.5, 0.6) is 0 Å². The number of carbonyl (C=O) groups is 1. The van der Waals surface area contributed by atoms with Crippen molar-refractivity contribution in [2.75, 3.05) is 33.3 Å². The fourth-order valence-corrected chi connectivity index (χ4v) is 1.15. The second-order valence-electron chi connectivity index (χ2n) is 2.73. The average molecular weight is 174 g/mol. The number of carbonyl (C=O) groups excluding carboxylic acids is 1. The van der Waals surface area contributed by atoms with Crippen LogP contribution >= 0.6 is 0 Å². The fourth-order valence-electron chi connectivity index (χ4n) is 1.15. The predicted octanol–water partition coefficient (Wildman–Crippen LogP) is -1.62. The number of β-amino-alcohol motifs (C(OH)–C–C–N with tert-alkyl or cyclic N) is 1. The van der Waals surface area contributed by atoms with Gasteiger partial charge in [0.2, 0.25) is 0 Å². The van der Waals surface area contributed by atoms with Crippen molar-refractivity contribution in [1.29, 1.82) is 0 Å². The highest BCUT2D eigenvalue weighted by molar-refractivity contribution is 5.71. The van der Waals surface area contributed by atoms with Crippen molar-refractivity contribution < 1.29 is 14.6 Å². The van der Waals surface area contributed by atoms with Crippen LogP contribution in [0.25, 0.3) is 0 Å². The van der Waals surface area contributed by atoms with Gasteiger partial charge in [0.05, 0.1) is 13.7 Å². The number of piperazine rings is 1. The molecule has 1 saturated heterocycles. The molecule has 0 aromatic carbocycles. The number of rotatable bonds is 2. The Balaban J connectivity index is 2.33. The van der Waals surface area contributed by atoms with Crippen molar-refractivity contribution >= 4 is 5.97 Å². The first-order valence-corrected chi connectivity index (χ1v) is 3.93. The van der Waals surface area contributed by atoms with E-state index in [-0.39, 0.29) is 12.5 Å². The lowest BCUT2D eigenvalue weighted by atomic mass is 10.3. The van der Waals surface area contributed by atoms with E-state index < -0.39 is 6.23 Å². The van der Waals surface area contributed by atoms with Crippen molar-refractivity contribution in [3.63, 3.8) is 0 Å². The number of ether oxygens (including phenoxy) is 1. The van der Waals surface area contributed by atoms with Crippen LogP contribution in [-0.4, -0.2) is 55.5 Å². The van der Waals surface area contributed by atoms with E-state index in [9.17, 15) is 9.90 Å². The Morgan fingerprint density at radius 2 is 2.58 bits per heavy atom. The highest BCUT2D eigenvalue weighted by atomic mass is 16.5. The van der Waals surface area contributed by atoms with Crippen LogP contribution in [0.2, 0.25) is 0 Å². The quantitative estimate of drug-likeness (QED) is 0.493. The Morgan fingerprint density at radius 3 is 3.17 bits per heavy atom. The van der Waals surface area contributed by atoms with Gasteiger partial charge < -0.3 is 15.2 Å². The molecule has 5 heteroatoms. The van der Waals surface area contributed by atoms with Crippen molar-refractivity contribution in [3.8, 4) is 0 Å². The van der Waals surface area contributed by atoms with Gasteiger partial charge in [-0.1, -0.05) is 0 Å². The van der Waals surface area contributed by atoms with Crippen LogP contribution in [0.1, 0.15) is 0 Å². The van der Waals surface area contributed by atoms with Crippen LogP contribution in [0.4, 0.5) is 0 Å². The summed E-state index contributed by atoms with van der Waals surface area (Å²) >= 11 is 0. The average Bonchev–Trinajstić information content (AvgIpc) is 2.09. The Labute approximate surface area is 71.3 Å². The van der Waals surface area contributed by atoms with Crippen LogP contribution in [0, 0.1) is 0 Å². The number of nitrogens with zero attached hydrogens (tertiary/aromatic N) is 1. The topological polar surface area (TPSA) is 61.8 Å². The van der Waals surface area contributed by atoms with Crippen LogP contribution < -0.4 is 5.32 Å². The summed E-state index contributed by atoms with van der Waals surface area (Å²) in [7, 11) is 1.34. The van der Waals surface area contributed by atoms with Crippen molar-refractivity contribution in [2.45, 2.75) is 6.23 Å². The number of hydrogen-bond acceptors (Lipinski definition) is 5. The smallest absolute Gasteiger partial charge is 0.319 e. The molecule has 1 atom stereocenters. The third-order valence-electron chi connectivity index (χ3n) is 1.88. The van der Waals surface area contributed by atoms with Gasteiger partial charge in [0.25, 0.3) is 0 Å². The van der Waals surface area contributed by atoms with Gasteiger partial charge >= 0.3 is 5.97 Å². The lowest BCUT2D eigenvalue weighted by Crippen LogP contribution is -2.52. The van der Waals surface area contributed by atoms with Gasteiger partial charge in [-0.25, -0.2) is 0 Å². The van der Waals surface area contributed by atoms with Gasteiger partial charge in [-0.15, -0.1) is 0 Å². The molecule has 0 radical (unpaired) electrons. The zero-order chi connectivity index (χ0) is 8.97. The molecule has 2 N–H and O–H groups in total. The summed E-state index contributed by atoms with van der Waals surface area (Å²) in [6, 6.07) is 0. The Morgan fingerprint density at radius 1 is 1.83 bits per heavy atom.